The summed E-state index contributed by atoms with van der Waals surface area (Å²) in [5, 5.41) is 5.85. The third-order valence-corrected chi connectivity index (χ3v) is 7.33. The van der Waals surface area contributed by atoms with E-state index in [2.05, 4.69) is 45.2 Å². The molecule has 0 unspecified atom stereocenters. The molecule has 41 heavy (non-hydrogen) atoms. The van der Waals surface area contributed by atoms with E-state index >= 15 is 0 Å². The molecule has 1 aliphatic heterocycles. The molecule has 0 saturated carbocycles. The SMILES string of the molecule is Cc1nn2c(-c3ccnc4cc(C=O)ccc34)cnc2cc1-c1ccc(N2CCN(C(=O)OC(C)(C)C)CC2)cc1. The van der Waals surface area contributed by atoms with E-state index in [-0.39, 0.29) is 6.09 Å². The highest BCUT2D eigenvalue weighted by Crippen LogP contribution is 2.31. The highest BCUT2D eigenvalue weighted by molar-refractivity contribution is 5.96. The molecule has 6 rings (SSSR count). The van der Waals surface area contributed by atoms with Gasteiger partial charge < -0.3 is 14.5 Å². The number of pyridine rings is 1. The first-order valence-corrected chi connectivity index (χ1v) is 13.7. The van der Waals surface area contributed by atoms with Crippen molar-refractivity contribution in [2.75, 3.05) is 31.1 Å². The fourth-order valence-electron chi connectivity index (χ4n) is 5.26. The zero-order chi connectivity index (χ0) is 28.7. The van der Waals surface area contributed by atoms with Gasteiger partial charge in [-0.25, -0.2) is 14.3 Å². The minimum Gasteiger partial charge on any atom is -0.444 e. The number of anilines is 1. The first kappa shape index (κ1) is 26.4. The molecule has 208 valence electrons. The molecule has 1 amide bonds. The topological polar surface area (TPSA) is 92.9 Å². The zero-order valence-corrected chi connectivity index (χ0v) is 23.7. The lowest BCUT2D eigenvalue weighted by Gasteiger charge is -2.36. The molecule has 1 saturated heterocycles. The highest BCUT2D eigenvalue weighted by Gasteiger charge is 2.26. The van der Waals surface area contributed by atoms with Crippen molar-refractivity contribution < 1.29 is 14.3 Å². The molecule has 9 nitrogen and oxygen atoms in total. The van der Waals surface area contributed by atoms with Crippen LogP contribution in [0.3, 0.4) is 0 Å². The summed E-state index contributed by atoms with van der Waals surface area (Å²) in [6, 6.07) is 18.0. The predicted octanol–water partition coefficient (Wildman–Crippen LogP) is 5.79. The van der Waals surface area contributed by atoms with Crippen LogP contribution in [-0.2, 0) is 4.74 Å². The Kier molecular flexibility index (Phi) is 6.65. The third-order valence-electron chi connectivity index (χ3n) is 7.33. The number of aldehydes is 1. The van der Waals surface area contributed by atoms with Crippen LogP contribution in [0.4, 0.5) is 10.5 Å². The molecule has 1 aliphatic rings. The van der Waals surface area contributed by atoms with E-state index < -0.39 is 5.60 Å². The number of aryl methyl sites for hydroxylation is 1. The molecule has 0 aliphatic carbocycles. The molecule has 3 aromatic heterocycles. The highest BCUT2D eigenvalue weighted by atomic mass is 16.6. The van der Waals surface area contributed by atoms with Gasteiger partial charge in [-0.2, -0.15) is 5.10 Å². The molecular weight excluding hydrogens is 516 g/mol. The molecule has 0 spiro atoms. The van der Waals surface area contributed by atoms with E-state index in [0.29, 0.717) is 18.7 Å². The number of carbonyl (C=O) groups is 2. The number of amides is 1. The number of rotatable bonds is 4. The number of aromatic nitrogens is 4. The first-order valence-electron chi connectivity index (χ1n) is 13.7. The first-order chi connectivity index (χ1) is 19.7. The maximum atomic E-state index is 12.4. The lowest BCUT2D eigenvalue weighted by molar-refractivity contribution is 0.0240. The zero-order valence-electron chi connectivity index (χ0n) is 23.7. The molecule has 0 bridgehead atoms. The van der Waals surface area contributed by atoms with Crippen LogP contribution in [0.25, 0.3) is 38.9 Å². The molecule has 5 aromatic rings. The normalized spacial score (nSPS) is 14.0. The maximum absolute atomic E-state index is 12.4. The minimum absolute atomic E-state index is 0.253. The van der Waals surface area contributed by atoms with E-state index in [4.69, 9.17) is 9.84 Å². The summed E-state index contributed by atoms with van der Waals surface area (Å²) in [7, 11) is 0. The average Bonchev–Trinajstić information content (AvgIpc) is 3.37. The van der Waals surface area contributed by atoms with Crippen molar-refractivity contribution in [3.8, 4) is 22.4 Å². The van der Waals surface area contributed by atoms with Crippen molar-refractivity contribution in [1.29, 1.82) is 0 Å². The summed E-state index contributed by atoms with van der Waals surface area (Å²) in [6.45, 7) is 10.4. The summed E-state index contributed by atoms with van der Waals surface area (Å²) in [4.78, 5) is 36.8. The fraction of sp³-hybridized carbons (Fsp3) is 0.281. The summed E-state index contributed by atoms with van der Waals surface area (Å²) < 4.78 is 7.38. The molecule has 9 heteroatoms. The smallest absolute Gasteiger partial charge is 0.410 e. The average molecular weight is 549 g/mol. The van der Waals surface area contributed by atoms with Crippen LogP contribution in [-0.4, -0.2) is 68.6 Å². The Morgan fingerprint density at radius 1 is 0.927 bits per heavy atom. The van der Waals surface area contributed by atoms with Crippen LogP contribution >= 0.6 is 0 Å². The maximum Gasteiger partial charge on any atom is 0.410 e. The van der Waals surface area contributed by atoms with E-state index in [0.717, 1.165) is 69.7 Å². The van der Waals surface area contributed by atoms with Gasteiger partial charge in [0.1, 0.15) is 11.9 Å². The Morgan fingerprint density at radius 3 is 2.39 bits per heavy atom. The van der Waals surface area contributed by atoms with E-state index in [9.17, 15) is 9.59 Å². The van der Waals surface area contributed by atoms with Crippen LogP contribution in [0.5, 0.6) is 0 Å². The second kappa shape index (κ2) is 10.3. The molecule has 0 radical (unpaired) electrons. The second-order valence-corrected chi connectivity index (χ2v) is 11.3. The van der Waals surface area contributed by atoms with Gasteiger partial charge in [0.05, 0.1) is 23.1 Å². The molecule has 4 heterocycles. The number of carbonyl (C=O) groups excluding carboxylic acids is 2. The largest absolute Gasteiger partial charge is 0.444 e. The lowest BCUT2D eigenvalue weighted by atomic mass is 10.0. The Morgan fingerprint density at radius 2 is 1.68 bits per heavy atom. The summed E-state index contributed by atoms with van der Waals surface area (Å²) in [5.41, 5.74) is 7.50. The van der Waals surface area contributed by atoms with Crippen molar-refractivity contribution in [2.45, 2.75) is 33.3 Å². The number of hydrogen-bond donors (Lipinski definition) is 0. The number of fused-ring (bicyclic) bond motifs is 2. The van der Waals surface area contributed by atoms with Crippen LogP contribution in [0, 0.1) is 6.92 Å². The number of nitrogens with zero attached hydrogens (tertiary/aromatic N) is 6. The number of ether oxygens (including phenoxy) is 1. The van der Waals surface area contributed by atoms with Gasteiger partial charge in [0, 0.05) is 60.1 Å². The van der Waals surface area contributed by atoms with Gasteiger partial charge in [-0.3, -0.25) is 9.78 Å². The number of imidazole rings is 1. The van der Waals surface area contributed by atoms with Crippen LogP contribution in [0.15, 0.2) is 67.0 Å². The molecule has 0 atom stereocenters. The predicted molar refractivity (Wildman–Crippen MR) is 159 cm³/mol. The third kappa shape index (κ3) is 5.23. The lowest BCUT2D eigenvalue weighted by Crippen LogP contribution is -2.50. The van der Waals surface area contributed by atoms with Gasteiger partial charge in [0.15, 0.2) is 5.65 Å². The van der Waals surface area contributed by atoms with Gasteiger partial charge in [-0.1, -0.05) is 24.3 Å². The number of hydrogen-bond acceptors (Lipinski definition) is 7. The van der Waals surface area contributed by atoms with Gasteiger partial charge in [0.2, 0.25) is 0 Å². The van der Waals surface area contributed by atoms with E-state index in [1.165, 1.54) is 0 Å². The molecule has 0 N–H and O–H groups in total. The molecule has 2 aromatic carbocycles. The molecular formula is C32H32N6O3. The van der Waals surface area contributed by atoms with Crippen LogP contribution in [0.2, 0.25) is 0 Å². The summed E-state index contributed by atoms with van der Waals surface area (Å²) >= 11 is 0. The van der Waals surface area contributed by atoms with Crippen molar-refractivity contribution in [2.24, 2.45) is 0 Å². The summed E-state index contributed by atoms with van der Waals surface area (Å²) in [5.74, 6) is 0. The minimum atomic E-state index is -0.492. The number of benzene rings is 2. The Labute approximate surface area is 238 Å². The quantitative estimate of drug-likeness (QED) is 0.263. The monoisotopic (exact) mass is 548 g/mol. The van der Waals surface area contributed by atoms with Gasteiger partial charge in [0.25, 0.3) is 0 Å². The van der Waals surface area contributed by atoms with Crippen molar-refractivity contribution in [3.05, 3.63) is 78.2 Å². The fourth-order valence-corrected chi connectivity index (χ4v) is 5.26. The van der Waals surface area contributed by atoms with Crippen molar-refractivity contribution >= 4 is 34.6 Å². The summed E-state index contributed by atoms with van der Waals surface area (Å²) in [6.07, 6.45) is 4.14. The second-order valence-electron chi connectivity index (χ2n) is 11.3. The van der Waals surface area contributed by atoms with Crippen LogP contribution in [0.1, 0.15) is 36.8 Å². The van der Waals surface area contributed by atoms with Crippen molar-refractivity contribution in [3.63, 3.8) is 0 Å². The van der Waals surface area contributed by atoms with Gasteiger partial charge in [-0.05, 0) is 63.6 Å². The Balaban J connectivity index is 1.22. The Bertz CT molecular complexity index is 1760. The van der Waals surface area contributed by atoms with Crippen molar-refractivity contribution in [1.82, 2.24) is 24.5 Å². The van der Waals surface area contributed by atoms with Gasteiger partial charge in [-0.15, -0.1) is 0 Å². The molecule has 1 fully saturated rings. The van der Waals surface area contributed by atoms with Crippen LogP contribution < -0.4 is 4.90 Å². The van der Waals surface area contributed by atoms with E-state index in [1.54, 1.807) is 23.2 Å². The standard InChI is InChI=1S/C32H32N6O3/c1-21-27(23-6-8-24(9-7-23)36-13-15-37(16-14-36)31(40)41-32(2,3)4)18-30-34-19-29(38(30)35-21)26-11-12-33-28-17-22(20-39)5-10-25(26)28/h5-12,17-20H,13-16H2,1-4H3. The van der Waals surface area contributed by atoms with E-state index in [1.807, 2.05) is 50.5 Å². The Hall–Kier alpha value is -4.79. The van der Waals surface area contributed by atoms with Gasteiger partial charge >= 0.3 is 6.09 Å². The number of piperazine rings is 1.